The summed E-state index contributed by atoms with van der Waals surface area (Å²) in [4.78, 5) is 36.2. The number of nitro groups is 1. The molecule has 25 heavy (non-hydrogen) atoms. The van der Waals surface area contributed by atoms with Gasteiger partial charge in [-0.2, -0.15) is 0 Å². The fourth-order valence-corrected chi connectivity index (χ4v) is 2.91. The number of hydrogen-bond acceptors (Lipinski definition) is 5. The molecule has 1 aromatic carbocycles. The highest BCUT2D eigenvalue weighted by atomic mass is 16.6. The van der Waals surface area contributed by atoms with Crippen molar-refractivity contribution in [1.29, 1.82) is 0 Å². The summed E-state index contributed by atoms with van der Waals surface area (Å²) in [6.45, 7) is 3.14. The predicted molar refractivity (Wildman–Crippen MR) is 92.8 cm³/mol. The molecule has 1 saturated heterocycles. The number of likely N-dealkylation sites (tertiary alicyclic amines) is 1. The highest BCUT2D eigenvalue weighted by Crippen LogP contribution is 2.26. The van der Waals surface area contributed by atoms with E-state index in [1.165, 1.54) is 18.2 Å². The van der Waals surface area contributed by atoms with Gasteiger partial charge in [0.15, 0.2) is 0 Å². The number of rotatable bonds is 8. The molecule has 0 saturated carbocycles. The average Bonchev–Trinajstić information content (AvgIpc) is 3.11. The lowest BCUT2D eigenvalue weighted by atomic mass is 10.1. The molecule has 0 radical (unpaired) electrons. The number of nitrogens with zero attached hydrogens (tertiary/aromatic N) is 2. The van der Waals surface area contributed by atoms with Gasteiger partial charge in [-0.3, -0.25) is 14.9 Å². The molecule has 1 aliphatic rings. The molecule has 2 rings (SSSR count). The minimum Gasteiger partial charge on any atom is -0.480 e. The molecule has 0 aliphatic carbocycles. The number of nitrogens with one attached hydrogen (secondary N) is 1. The van der Waals surface area contributed by atoms with Crippen molar-refractivity contribution in [2.24, 2.45) is 0 Å². The molecule has 1 aromatic rings. The number of carbonyl (C=O) groups excluding carboxylic acids is 1. The van der Waals surface area contributed by atoms with Crippen LogP contribution in [0.1, 0.15) is 49.4 Å². The van der Waals surface area contributed by atoms with Gasteiger partial charge in [0.1, 0.15) is 11.6 Å². The number of nitro benzene ring substituents is 1. The Morgan fingerprint density at radius 3 is 2.60 bits per heavy atom. The number of hydrogen-bond donors (Lipinski definition) is 2. The molecule has 8 nitrogen and oxygen atoms in total. The Hall–Kier alpha value is -2.64. The van der Waals surface area contributed by atoms with E-state index in [0.29, 0.717) is 25.2 Å². The van der Waals surface area contributed by atoms with E-state index in [1.54, 1.807) is 4.90 Å². The Balaban J connectivity index is 2.27. The van der Waals surface area contributed by atoms with Crippen LogP contribution in [-0.2, 0) is 4.79 Å². The van der Waals surface area contributed by atoms with Gasteiger partial charge in [-0.15, -0.1) is 0 Å². The predicted octanol–water partition coefficient (Wildman–Crippen LogP) is 2.89. The lowest BCUT2D eigenvalue weighted by Crippen LogP contribution is -2.30. The van der Waals surface area contributed by atoms with Crippen LogP contribution >= 0.6 is 0 Å². The minimum absolute atomic E-state index is 0.00321. The van der Waals surface area contributed by atoms with Gasteiger partial charge in [-0.05, 0) is 31.4 Å². The third-order valence-electron chi connectivity index (χ3n) is 4.30. The van der Waals surface area contributed by atoms with Gasteiger partial charge in [0.05, 0.1) is 4.92 Å². The van der Waals surface area contributed by atoms with Gasteiger partial charge in [-0.1, -0.05) is 19.8 Å². The summed E-state index contributed by atoms with van der Waals surface area (Å²) in [6, 6.07) is 3.29. The second kappa shape index (κ2) is 8.46. The smallest absolute Gasteiger partial charge is 0.326 e. The summed E-state index contributed by atoms with van der Waals surface area (Å²) >= 11 is 0. The number of aliphatic carboxylic acids is 1. The van der Waals surface area contributed by atoms with E-state index >= 15 is 0 Å². The van der Waals surface area contributed by atoms with Crippen LogP contribution in [0.5, 0.6) is 0 Å². The number of anilines is 1. The van der Waals surface area contributed by atoms with Gasteiger partial charge in [0, 0.05) is 24.8 Å². The Bertz CT molecular complexity index is 656. The van der Waals surface area contributed by atoms with Crippen molar-refractivity contribution in [2.75, 3.05) is 18.4 Å². The Morgan fingerprint density at radius 2 is 2.04 bits per heavy atom. The second-order valence-corrected chi connectivity index (χ2v) is 6.17. The third-order valence-corrected chi connectivity index (χ3v) is 4.30. The summed E-state index contributed by atoms with van der Waals surface area (Å²) in [6.07, 6.45) is 3.82. The van der Waals surface area contributed by atoms with Crippen LogP contribution in [0, 0.1) is 10.1 Å². The summed E-state index contributed by atoms with van der Waals surface area (Å²) < 4.78 is 0. The van der Waals surface area contributed by atoms with E-state index in [1.807, 2.05) is 6.92 Å². The molecule has 2 N–H and O–H groups in total. The molecule has 0 spiro atoms. The fourth-order valence-electron chi connectivity index (χ4n) is 2.91. The zero-order valence-corrected chi connectivity index (χ0v) is 14.2. The van der Waals surface area contributed by atoms with Crippen molar-refractivity contribution < 1.29 is 19.6 Å². The van der Waals surface area contributed by atoms with Crippen LogP contribution in [0.3, 0.4) is 0 Å². The molecular formula is C17H23N3O5. The third kappa shape index (κ3) is 4.68. The van der Waals surface area contributed by atoms with Gasteiger partial charge >= 0.3 is 5.97 Å². The molecule has 8 heteroatoms. The quantitative estimate of drug-likeness (QED) is 0.551. The number of benzene rings is 1. The van der Waals surface area contributed by atoms with Gasteiger partial charge < -0.3 is 15.3 Å². The van der Waals surface area contributed by atoms with Crippen LogP contribution in [0.4, 0.5) is 11.4 Å². The van der Waals surface area contributed by atoms with E-state index in [9.17, 15) is 24.8 Å². The highest BCUT2D eigenvalue weighted by Gasteiger charge is 2.27. The number of amides is 1. The Morgan fingerprint density at radius 1 is 1.36 bits per heavy atom. The molecular weight excluding hydrogens is 326 g/mol. The van der Waals surface area contributed by atoms with Gasteiger partial charge in [-0.25, -0.2) is 4.79 Å². The zero-order chi connectivity index (χ0) is 18.4. The molecule has 1 heterocycles. The van der Waals surface area contributed by atoms with E-state index in [2.05, 4.69) is 5.32 Å². The maximum atomic E-state index is 12.6. The first-order chi connectivity index (χ1) is 11.9. The maximum Gasteiger partial charge on any atom is 0.326 e. The lowest BCUT2D eigenvalue weighted by molar-refractivity contribution is -0.385. The molecule has 1 amide bonds. The molecule has 0 aromatic heterocycles. The number of carboxylic acid groups (broad SMARTS) is 1. The first-order valence-corrected chi connectivity index (χ1v) is 8.51. The number of unbranched alkanes of at least 4 members (excludes halogenated alkanes) is 1. The molecule has 0 unspecified atom stereocenters. The van der Waals surface area contributed by atoms with Crippen LogP contribution in [-0.4, -0.2) is 45.9 Å². The number of carbonyl (C=O) groups is 2. The lowest BCUT2D eigenvalue weighted by Gasteiger charge is -2.18. The SMILES string of the molecule is CCCC[C@H](Nc1ccc([N+](=O)[O-])c(C(=O)N2CCCC2)c1)C(=O)O. The zero-order valence-electron chi connectivity index (χ0n) is 14.2. The summed E-state index contributed by atoms with van der Waals surface area (Å²) in [5.41, 5.74) is 0.135. The summed E-state index contributed by atoms with van der Waals surface area (Å²) in [7, 11) is 0. The van der Waals surface area contributed by atoms with Crippen LogP contribution in [0.15, 0.2) is 18.2 Å². The number of carboxylic acids is 1. The topological polar surface area (TPSA) is 113 Å². The van der Waals surface area contributed by atoms with Crippen molar-refractivity contribution >= 4 is 23.3 Å². The summed E-state index contributed by atoms with van der Waals surface area (Å²) in [5.74, 6) is -1.37. The van der Waals surface area contributed by atoms with Crippen molar-refractivity contribution in [3.8, 4) is 0 Å². The second-order valence-electron chi connectivity index (χ2n) is 6.17. The first-order valence-electron chi connectivity index (χ1n) is 8.51. The first kappa shape index (κ1) is 18.7. The maximum absolute atomic E-state index is 12.6. The van der Waals surface area contributed by atoms with Gasteiger partial charge in [0.25, 0.3) is 11.6 Å². The van der Waals surface area contributed by atoms with Crippen molar-refractivity contribution in [3.05, 3.63) is 33.9 Å². The van der Waals surface area contributed by atoms with E-state index in [-0.39, 0.29) is 17.2 Å². The highest BCUT2D eigenvalue weighted by molar-refractivity contribution is 5.99. The molecule has 0 bridgehead atoms. The molecule has 1 fully saturated rings. The van der Waals surface area contributed by atoms with Crippen LogP contribution < -0.4 is 5.32 Å². The molecule has 136 valence electrons. The van der Waals surface area contributed by atoms with E-state index in [4.69, 9.17) is 0 Å². The standard InChI is InChI=1S/C17H23N3O5/c1-2-3-6-14(17(22)23)18-12-7-8-15(20(24)25)13(11-12)16(21)19-9-4-5-10-19/h7-8,11,14,18H,2-6,9-10H2,1H3,(H,22,23)/t14-/m0/s1. The van der Waals surface area contributed by atoms with Crippen LogP contribution in [0.25, 0.3) is 0 Å². The molecule has 1 aliphatic heterocycles. The molecule has 1 atom stereocenters. The van der Waals surface area contributed by atoms with E-state index < -0.39 is 16.9 Å². The van der Waals surface area contributed by atoms with Crippen molar-refractivity contribution in [3.63, 3.8) is 0 Å². The van der Waals surface area contributed by atoms with Crippen molar-refractivity contribution in [2.45, 2.75) is 45.1 Å². The Kier molecular flexibility index (Phi) is 6.32. The Labute approximate surface area is 146 Å². The summed E-state index contributed by atoms with van der Waals surface area (Å²) in [5, 5.41) is 23.4. The monoisotopic (exact) mass is 349 g/mol. The van der Waals surface area contributed by atoms with Crippen LogP contribution in [0.2, 0.25) is 0 Å². The minimum atomic E-state index is -0.987. The van der Waals surface area contributed by atoms with Gasteiger partial charge in [0.2, 0.25) is 0 Å². The normalized spacial score (nSPS) is 15.0. The fraction of sp³-hybridized carbons (Fsp3) is 0.529. The largest absolute Gasteiger partial charge is 0.480 e. The average molecular weight is 349 g/mol. The van der Waals surface area contributed by atoms with Crippen molar-refractivity contribution in [1.82, 2.24) is 4.90 Å². The van der Waals surface area contributed by atoms with E-state index in [0.717, 1.165) is 25.7 Å².